The molecule has 5 aromatic rings. The SMILES string of the molecule is CCOc1ccc(-n2c(SCC(=O)Nc3ccc(OC)cc3)nc3sc4c(c3c2=O)CCN(Cc2ccccc2)C4)cc1. The van der Waals surface area contributed by atoms with Crippen molar-refractivity contribution in [3.63, 3.8) is 0 Å². The molecule has 10 heteroatoms. The number of benzene rings is 3. The van der Waals surface area contributed by atoms with Gasteiger partial charge in [-0.2, -0.15) is 0 Å². The van der Waals surface area contributed by atoms with Gasteiger partial charge in [-0.1, -0.05) is 42.1 Å². The lowest BCUT2D eigenvalue weighted by molar-refractivity contribution is -0.113. The molecular weight excluding hydrogens is 581 g/mol. The highest BCUT2D eigenvalue weighted by Crippen LogP contribution is 2.35. The monoisotopic (exact) mass is 612 g/mol. The Kier molecular flexibility index (Phi) is 8.78. The van der Waals surface area contributed by atoms with Crippen LogP contribution in [-0.2, 0) is 24.3 Å². The summed E-state index contributed by atoms with van der Waals surface area (Å²) in [5.74, 6) is 1.35. The molecule has 1 N–H and O–H groups in total. The lowest BCUT2D eigenvalue weighted by Crippen LogP contribution is -2.30. The number of nitrogens with zero attached hydrogens (tertiary/aromatic N) is 3. The largest absolute Gasteiger partial charge is 0.497 e. The third-order valence-electron chi connectivity index (χ3n) is 7.28. The van der Waals surface area contributed by atoms with Crippen molar-refractivity contribution in [2.24, 2.45) is 0 Å². The number of hydrogen-bond donors (Lipinski definition) is 1. The van der Waals surface area contributed by atoms with Crippen LogP contribution in [0.4, 0.5) is 5.69 Å². The fourth-order valence-corrected chi connectivity index (χ4v) is 7.35. The lowest BCUT2D eigenvalue weighted by atomic mass is 10.0. The first kappa shape index (κ1) is 29.0. The number of fused-ring (bicyclic) bond motifs is 3. The fourth-order valence-electron chi connectivity index (χ4n) is 5.24. The summed E-state index contributed by atoms with van der Waals surface area (Å²) in [6.07, 6.45) is 0.791. The third kappa shape index (κ3) is 6.46. The molecule has 0 fully saturated rings. The molecule has 1 aliphatic rings. The van der Waals surface area contributed by atoms with Gasteiger partial charge in [0.15, 0.2) is 5.16 Å². The van der Waals surface area contributed by atoms with Crippen LogP contribution >= 0.6 is 23.1 Å². The summed E-state index contributed by atoms with van der Waals surface area (Å²) in [4.78, 5) is 36.4. The highest BCUT2D eigenvalue weighted by molar-refractivity contribution is 7.99. The van der Waals surface area contributed by atoms with E-state index in [1.54, 1.807) is 47.3 Å². The number of ether oxygens (including phenoxy) is 2. The van der Waals surface area contributed by atoms with E-state index >= 15 is 0 Å². The molecule has 0 aliphatic carbocycles. The summed E-state index contributed by atoms with van der Waals surface area (Å²) in [7, 11) is 1.60. The van der Waals surface area contributed by atoms with E-state index in [0.29, 0.717) is 34.3 Å². The minimum absolute atomic E-state index is 0.0942. The molecule has 3 heterocycles. The molecule has 3 aromatic carbocycles. The molecular formula is C33H32N4O4S2. The number of carbonyl (C=O) groups is 1. The Morgan fingerprint density at radius 2 is 1.77 bits per heavy atom. The maximum atomic E-state index is 14.2. The second-order valence-corrected chi connectivity index (χ2v) is 12.2. The number of thiophene rings is 1. The smallest absolute Gasteiger partial charge is 0.267 e. The Morgan fingerprint density at radius 3 is 2.49 bits per heavy atom. The summed E-state index contributed by atoms with van der Waals surface area (Å²) in [5.41, 5.74) is 3.61. The first-order valence-corrected chi connectivity index (χ1v) is 16.0. The highest BCUT2D eigenvalue weighted by atomic mass is 32.2. The molecule has 0 spiro atoms. The molecule has 8 nitrogen and oxygen atoms in total. The van der Waals surface area contributed by atoms with Gasteiger partial charge in [0, 0.05) is 30.2 Å². The number of thioether (sulfide) groups is 1. The van der Waals surface area contributed by atoms with Gasteiger partial charge in [-0.3, -0.25) is 19.1 Å². The molecule has 0 saturated heterocycles. The molecule has 1 aliphatic heterocycles. The molecule has 0 saturated carbocycles. The average molecular weight is 613 g/mol. The summed E-state index contributed by atoms with van der Waals surface area (Å²) >= 11 is 2.83. The molecule has 0 atom stereocenters. The Balaban J connectivity index is 1.31. The van der Waals surface area contributed by atoms with Crippen LogP contribution in [0.5, 0.6) is 11.5 Å². The molecule has 0 unspecified atom stereocenters. The molecule has 1 amide bonds. The van der Waals surface area contributed by atoms with E-state index in [0.717, 1.165) is 42.2 Å². The zero-order valence-corrected chi connectivity index (χ0v) is 25.7. The van der Waals surface area contributed by atoms with Crippen molar-refractivity contribution < 1.29 is 14.3 Å². The summed E-state index contributed by atoms with van der Waals surface area (Å²) in [6.45, 7) is 5.00. The van der Waals surface area contributed by atoms with Crippen LogP contribution in [-0.4, -0.2) is 46.4 Å². The number of hydrogen-bond acceptors (Lipinski definition) is 8. The van der Waals surface area contributed by atoms with Crippen molar-refractivity contribution >= 4 is 44.9 Å². The van der Waals surface area contributed by atoms with E-state index in [2.05, 4.69) is 34.5 Å². The van der Waals surface area contributed by atoms with Crippen molar-refractivity contribution in [1.82, 2.24) is 14.5 Å². The minimum atomic E-state index is -0.190. The number of nitrogens with one attached hydrogen (secondary N) is 1. The van der Waals surface area contributed by atoms with Crippen molar-refractivity contribution in [2.45, 2.75) is 31.6 Å². The van der Waals surface area contributed by atoms with E-state index < -0.39 is 0 Å². The molecule has 2 aromatic heterocycles. The standard InChI is InChI=1S/C33H32N4O4S2/c1-3-41-26-15-11-24(12-16-26)37-32(39)30-27-17-18-36(19-22-7-5-4-6-8-22)20-28(27)43-31(30)35-33(37)42-21-29(38)34-23-9-13-25(40-2)14-10-23/h4-16H,3,17-21H2,1-2H3,(H,34,38). The highest BCUT2D eigenvalue weighted by Gasteiger charge is 2.26. The first-order chi connectivity index (χ1) is 21.0. The normalized spacial score (nSPS) is 13.1. The maximum Gasteiger partial charge on any atom is 0.267 e. The zero-order valence-electron chi connectivity index (χ0n) is 24.0. The number of anilines is 1. The van der Waals surface area contributed by atoms with Crippen LogP contribution in [0.15, 0.2) is 88.8 Å². The Labute approximate surface area is 258 Å². The number of amides is 1. The molecule has 6 rings (SSSR count). The van der Waals surface area contributed by atoms with Crippen molar-refractivity contribution in [1.29, 1.82) is 0 Å². The van der Waals surface area contributed by atoms with Gasteiger partial charge in [-0.05, 0) is 73.0 Å². The van der Waals surface area contributed by atoms with E-state index in [-0.39, 0.29) is 17.2 Å². The first-order valence-electron chi connectivity index (χ1n) is 14.2. The fraction of sp³-hybridized carbons (Fsp3) is 0.242. The Hall–Kier alpha value is -4.12. The van der Waals surface area contributed by atoms with Crippen molar-refractivity contribution in [3.8, 4) is 17.2 Å². The van der Waals surface area contributed by atoms with Crippen LogP contribution in [0.2, 0.25) is 0 Å². The second kappa shape index (κ2) is 13.0. The third-order valence-corrected chi connectivity index (χ3v) is 9.33. The van der Waals surface area contributed by atoms with E-state index in [9.17, 15) is 9.59 Å². The summed E-state index contributed by atoms with van der Waals surface area (Å²) < 4.78 is 12.4. The average Bonchev–Trinajstić information content (AvgIpc) is 3.39. The van der Waals surface area contributed by atoms with Gasteiger partial charge in [-0.15, -0.1) is 11.3 Å². The van der Waals surface area contributed by atoms with Crippen LogP contribution in [0.3, 0.4) is 0 Å². The van der Waals surface area contributed by atoms with E-state index in [4.69, 9.17) is 14.5 Å². The van der Waals surface area contributed by atoms with Gasteiger partial charge >= 0.3 is 0 Å². The van der Waals surface area contributed by atoms with Crippen LogP contribution in [0, 0.1) is 0 Å². The number of carbonyl (C=O) groups excluding carboxylic acids is 1. The number of rotatable bonds is 10. The topological polar surface area (TPSA) is 85.7 Å². The van der Waals surface area contributed by atoms with Crippen LogP contribution < -0.4 is 20.3 Å². The van der Waals surface area contributed by atoms with Crippen LogP contribution in [0.1, 0.15) is 22.9 Å². The summed E-state index contributed by atoms with van der Waals surface area (Å²) in [5, 5.41) is 4.07. The predicted molar refractivity (Wildman–Crippen MR) is 173 cm³/mol. The quantitative estimate of drug-likeness (QED) is 0.150. The molecule has 220 valence electrons. The van der Waals surface area contributed by atoms with Crippen molar-refractivity contribution in [2.75, 3.05) is 31.3 Å². The second-order valence-electron chi connectivity index (χ2n) is 10.2. The summed E-state index contributed by atoms with van der Waals surface area (Å²) in [6, 6.07) is 25.0. The van der Waals surface area contributed by atoms with E-state index in [1.807, 2.05) is 37.3 Å². The van der Waals surface area contributed by atoms with Gasteiger partial charge in [0.2, 0.25) is 5.91 Å². The molecule has 0 bridgehead atoms. The van der Waals surface area contributed by atoms with Gasteiger partial charge in [0.25, 0.3) is 5.56 Å². The molecule has 0 radical (unpaired) electrons. The Morgan fingerprint density at radius 1 is 1.02 bits per heavy atom. The van der Waals surface area contributed by atoms with Gasteiger partial charge in [0.1, 0.15) is 16.3 Å². The number of aromatic nitrogens is 2. The number of methoxy groups -OCH3 is 1. The molecule has 43 heavy (non-hydrogen) atoms. The minimum Gasteiger partial charge on any atom is -0.497 e. The predicted octanol–water partition coefficient (Wildman–Crippen LogP) is 6.14. The van der Waals surface area contributed by atoms with Gasteiger partial charge < -0.3 is 14.8 Å². The zero-order chi connectivity index (χ0) is 29.8. The van der Waals surface area contributed by atoms with Gasteiger partial charge in [-0.25, -0.2) is 4.98 Å². The maximum absolute atomic E-state index is 14.2. The Bertz CT molecular complexity index is 1790. The van der Waals surface area contributed by atoms with Crippen LogP contribution in [0.25, 0.3) is 15.9 Å². The van der Waals surface area contributed by atoms with Gasteiger partial charge in [0.05, 0.1) is 30.5 Å². The van der Waals surface area contributed by atoms with E-state index in [1.165, 1.54) is 22.2 Å². The van der Waals surface area contributed by atoms with Crippen molar-refractivity contribution in [3.05, 3.63) is 105 Å². The lowest BCUT2D eigenvalue weighted by Gasteiger charge is -2.26.